The maximum Gasteiger partial charge on any atom is 0.408 e. The summed E-state index contributed by atoms with van der Waals surface area (Å²) in [5, 5.41) is 0. The number of nitrogens with zero attached hydrogens (tertiary/aromatic N) is 5. The predicted molar refractivity (Wildman–Crippen MR) is 93.3 cm³/mol. The van der Waals surface area contributed by atoms with Crippen molar-refractivity contribution in [2.75, 3.05) is 29.6 Å². The number of halogens is 3. The molecule has 0 spiro atoms. The molecule has 0 radical (unpaired) electrons. The lowest BCUT2D eigenvalue weighted by molar-refractivity contribution is -0.153. The van der Waals surface area contributed by atoms with Crippen molar-refractivity contribution in [2.24, 2.45) is 0 Å². The Kier molecular flexibility index (Phi) is 4.77. The lowest BCUT2D eigenvalue weighted by Gasteiger charge is -2.40. The average molecular weight is 399 g/mol. The smallest absolute Gasteiger partial charge is 0.408 e. The first-order valence-electron chi connectivity index (χ1n) is 9.01. The Balaban J connectivity index is 1.78. The number of hydrogen-bond acceptors (Lipinski definition) is 7. The molecule has 0 amide bonds. The molecule has 1 fully saturated rings. The maximum atomic E-state index is 13.7. The van der Waals surface area contributed by atoms with E-state index in [4.69, 9.17) is 9.15 Å². The van der Waals surface area contributed by atoms with E-state index in [1.54, 1.807) is 0 Å². The molecule has 0 aliphatic carbocycles. The highest BCUT2D eigenvalue weighted by atomic mass is 19.4. The summed E-state index contributed by atoms with van der Waals surface area (Å²) in [5.74, 6) is 0.359. The minimum atomic E-state index is -4.46. The first kappa shape index (κ1) is 18.8. The maximum absolute atomic E-state index is 13.7. The number of anilines is 2. The van der Waals surface area contributed by atoms with Crippen molar-refractivity contribution in [1.82, 2.24) is 14.5 Å². The van der Waals surface area contributed by atoms with Crippen molar-refractivity contribution in [3.05, 3.63) is 34.8 Å². The van der Waals surface area contributed by atoms with E-state index in [9.17, 15) is 18.0 Å². The van der Waals surface area contributed by atoms with Gasteiger partial charge in [-0.3, -0.25) is 9.36 Å². The molecule has 0 aromatic carbocycles. The van der Waals surface area contributed by atoms with Crippen LogP contribution in [0, 0.1) is 0 Å². The van der Waals surface area contributed by atoms with Crippen molar-refractivity contribution in [2.45, 2.75) is 44.7 Å². The second kappa shape index (κ2) is 7.12. The number of ether oxygens (including phenoxy) is 1. The SMILES string of the molecule is CC1COCCN1c1cc(=O)n2c(n1)N(Cc1cocn1)C(C(F)(F)F)CC2. The van der Waals surface area contributed by atoms with Gasteiger partial charge in [-0.05, 0) is 13.3 Å². The summed E-state index contributed by atoms with van der Waals surface area (Å²) in [4.78, 5) is 24.0. The van der Waals surface area contributed by atoms with Gasteiger partial charge in [0.05, 0.1) is 31.5 Å². The van der Waals surface area contributed by atoms with Gasteiger partial charge >= 0.3 is 6.18 Å². The Morgan fingerprint density at radius 2 is 2.14 bits per heavy atom. The second-order valence-corrected chi connectivity index (χ2v) is 6.98. The Bertz CT molecular complexity index is 883. The van der Waals surface area contributed by atoms with Gasteiger partial charge in [0.15, 0.2) is 6.39 Å². The molecule has 2 aliphatic heterocycles. The quantitative estimate of drug-likeness (QED) is 0.779. The summed E-state index contributed by atoms with van der Waals surface area (Å²) >= 11 is 0. The minimum Gasteiger partial charge on any atom is -0.451 e. The van der Waals surface area contributed by atoms with Gasteiger partial charge in [-0.1, -0.05) is 0 Å². The highest BCUT2D eigenvalue weighted by Gasteiger charge is 2.47. The van der Waals surface area contributed by atoms with Crippen LogP contribution in [0.1, 0.15) is 19.0 Å². The van der Waals surface area contributed by atoms with E-state index in [0.29, 0.717) is 31.3 Å². The molecule has 152 valence electrons. The highest BCUT2D eigenvalue weighted by molar-refractivity contribution is 5.47. The molecular weight excluding hydrogens is 379 g/mol. The molecule has 0 N–H and O–H groups in total. The summed E-state index contributed by atoms with van der Waals surface area (Å²) < 4.78 is 52.7. The number of morpholine rings is 1. The molecule has 2 aliphatic rings. The van der Waals surface area contributed by atoms with Crippen molar-refractivity contribution in [3.8, 4) is 0 Å². The van der Waals surface area contributed by atoms with Crippen LogP contribution in [-0.2, 0) is 17.8 Å². The first-order chi connectivity index (χ1) is 13.3. The van der Waals surface area contributed by atoms with Crippen LogP contribution >= 0.6 is 0 Å². The fraction of sp³-hybridized carbons (Fsp3) is 0.588. The topological polar surface area (TPSA) is 76.6 Å². The average Bonchev–Trinajstić information content (AvgIpc) is 3.14. The molecule has 28 heavy (non-hydrogen) atoms. The van der Waals surface area contributed by atoms with Crippen LogP contribution in [0.15, 0.2) is 27.9 Å². The molecule has 2 atom stereocenters. The van der Waals surface area contributed by atoms with Gasteiger partial charge < -0.3 is 19.0 Å². The van der Waals surface area contributed by atoms with Gasteiger partial charge in [0.2, 0.25) is 5.95 Å². The van der Waals surface area contributed by atoms with Crippen LogP contribution in [-0.4, -0.2) is 52.6 Å². The van der Waals surface area contributed by atoms with Crippen LogP contribution in [0.5, 0.6) is 0 Å². The van der Waals surface area contributed by atoms with Crippen LogP contribution in [0.3, 0.4) is 0 Å². The third kappa shape index (κ3) is 3.46. The summed E-state index contributed by atoms with van der Waals surface area (Å²) in [6.45, 7) is 3.17. The molecular formula is C17H20F3N5O3. The number of rotatable bonds is 3. The Morgan fingerprint density at radius 3 is 2.82 bits per heavy atom. The van der Waals surface area contributed by atoms with E-state index in [-0.39, 0.29) is 37.1 Å². The third-order valence-corrected chi connectivity index (χ3v) is 5.09. The molecule has 2 aromatic rings. The minimum absolute atomic E-state index is 0.00207. The normalized spacial score (nSPS) is 23.0. The van der Waals surface area contributed by atoms with Crippen LogP contribution in [0.25, 0.3) is 0 Å². The number of hydrogen-bond donors (Lipinski definition) is 0. The van der Waals surface area contributed by atoms with Gasteiger partial charge in [0.25, 0.3) is 5.56 Å². The monoisotopic (exact) mass is 399 g/mol. The van der Waals surface area contributed by atoms with Crippen LogP contribution in [0.4, 0.5) is 24.9 Å². The Labute approximate surface area is 158 Å². The summed E-state index contributed by atoms with van der Waals surface area (Å²) in [5.41, 5.74) is -0.0356. The van der Waals surface area contributed by atoms with Crippen LogP contribution in [0.2, 0.25) is 0 Å². The van der Waals surface area contributed by atoms with E-state index < -0.39 is 12.2 Å². The standard InChI is InChI=1S/C17H20F3N5O3/c1-11-8-27-5-4-23(11)14-6-15(26)24-3-2-13(17(18,19)20)25(16(24)22-14)7-12-9-28-10-21-12/h6,9-11,13H,2-5,7-8H2,1H3. The summed E-state index contributed by atoms with van der Waals surface area (Å²) in [6.07, 6.45) is -2.25. The molecule has 4 heterocycles. The van der Waals surface area contributed by atoms with Gasteiger partial charge in [-0.2, -0.15) is 18.2 Å². The van der Waals surface area contributed by atoms with Crippen molar-refractivity contribution >= 4 is 11.8 Å². The molecule has 1 saturated heterocycles. The van der Waals surface area contributed by atoms with Gasteiger partial charge in [-0.25, -0.2) is 4.98 Å². The largest absolute Gasteiger partial charge is 0.451 e. The van der Waals surface area contributed by atoms with Gasteiger partial charge in [0, 0.05) is 19.2 Å². The first-order valence-corrected chi connectivity index (χ1v) is 9.01. The van der Waals surface area contributed by atoms with Gasteiger partial charge in [0.1, 0.15) is 18.1 Å². The summed E-state index contributed by atoms with van der Waals surface area (Å²) in [6, 6.07) is -0.406. The zero-order valence-corrected chi connectivity index (χ0v) is 15.2. The molecule has 2 unspecified atom stereocenters. The Morgan fingerprint density at radius 1 is 1.32 bits per heavy atom. The lowest BCUT2D eigenvalue weighted by Crippen LogP contribution is -2.52. The fourth-order valence-electron chi connectivity index (χ4n) is 3.68. The van der Waals surface area contributed by atoms with E-state index in [0.717, 1.165) is 11.3 Å². The van der Waals surface area contributed by atoms with Crippen molar-refractivity contribution in [1.29, 1.82) is 0 Å². The molecule has 4 rings (SSSR count). The molecule has 0 bridgehead atoms. The number of aromatic nitrogens is 3. The Hall–Kier alpha value is -2.56. The zero-order chi connectivity index (χ0) is 19.9. The van der Waals surface area contributed by atoms with Crippen LogP contribution < -0.4 is 15.4 Å². The van der Waals surface area contributed by atoms with Crippen molar-refractivity contribution < 1.29 is 22.3 Å². The number of alkyl halides is 3. The van der Waals surface area contributed by atoms with E-state index in [1.807, 2.05) is 11.8 Å². The molecule has 8 nitrogen and oxygen atoms in total. The van der Waals surface area contributed by atoms with E-state index in [2.05, 4.69) is 9.97 Å². The second-order valence-electron chi connectivity index (χ2n) is 6.98. The third-order valence-electron chi connectivity index (χ3n) is 5.09. The van der Waals surface area contributed by atoms with E-state index >= 15 is 0 Å². The zero-order valence-electron chi connectivity index (χ0n) is 15.2. The number of oxazole rings is 1. The van der Waals surface area contributed by atoms with Gasteiger partial charge in [-0.15, -0.1) is 0 Å². The highest BCUT2D eigenvalue weighted by Crippen LogP contribution is 2.35. The molecule has 2 aromatic heterocycles. The van der Waals surface area contributed by atoms with Crippen molar-refractivity contribution in [3.63, 3.8) is 0 Å². The fourth-order valence-corrected chi connectivity index (χ4v) is 3.68. The lowest BCUT2D eigenvalue weighted by atomic mass is 10.1. The van der Waals surface area contributed by atoms with E-state index in [1.165, 1.54) is 16.9 Å². The number of fused-ring (bicyclic) bond motifs is 1. The summed E-state index contributed by atoms with van der Waals surface area (Å²) in [7, 11) is 0. The molecule has 0 saturated carbocycles. The predicted octanol–water partition coefficient (Wildman–Crippen LogP) is 1.80. The molecule has 11 heteroatoms.